The van der Waals surface area contributed by atoms with Crippen LogP contribution in [-0.2, 0) is 9.13 Å². The van der Waals surface area contributed by atoms with Crippen molar-refractivity contribution in [2.24, 2.45) is 0 Å². The van der Waals surface area contributed by atoms with Gasteiger partial charge in [0.15, 0.2) is 19.8 Å². The van der Waals surface area contributed by atoms with Crippen LogP contribution in [0.1, 0.15) is 31.1 Å². The fraction of sp³-hybridized carbons (Fsp3) is 0.120. The number of hydrogen-bond donors (Lipinski definition) is 1. The average molecular weight is 1030 g/mol. The van der Waals surface area contributed by atoms with Gasteiger partial charge in [0.05, 0.1) is 5.39 Å². The maximum atomic E-state index is 13.8. The third-order valence-electron chi connectivity index (χ3n) is 9.94. The number of halogens is 3. The number of carbonyl (C=O) groups excluding carboxylic acids is 1. The van der Waals surface area contributed by atoms with E-state index in [2.05, 4.69) is 6.58 Å². The fourth-order valence-electron chi connectivity index (χ4n) is 6.81. The minimum Gasteiger partial charge on any atom is -0.506 e. The van der Waals surface area contributed by atoms with Crippen LogP contribution in [0.15, 0.2) is 203 Å². The van der Waals surface area contributed by atoms with Crippen LogP contribution in [0.2, 0.25) is 0 Å². The molecule has 0 saturated heterocycles. The molecule has 0 saturated carbocycles. The van der Waals surface area contributed by atoms with Crippen molar-refractivity contribution in [2.75, 3.05) is 18.0 Å². The molecule has 13 heteroatoms. The van der Waals surface area contributed by atoms with Crippen molar-refractivity contribution in [3.05, 3.63) is 210 Å². The van der Waals surface area contributed by atoms with E-state index in [1.807, 2.05) is 183 Å². The van der Waals surface area contributed by atoms with E-state index in [4.69, 9.17) is 4.42 Å². The van der Waals surface area contributed by atoms with Gasteiger partial charge in [0.2, 0.25) is 0 Å². The predicted octanol–water partition coefficient (Wildman–Crippen LogP) is 10.5. The number of Topliss-reactive ketones (excluding diaryl/α,β-unsaturated/α-hetero) is 1. The van der Waals surface area contributed by atoms with E-state index in [0.717, 1.165) is 31.8 Å². The van der Waals surface area contributed by atoms with Crippen LogP contribution >= 0.6 is 14.3 Å². The first-order chi connectivity index (χ1) is 29.7. The zero-order valence-corrected chi connectivity index (χ0v) is 39.0. The molecule has 325 valence electrons. The summed E-state index contributed by atoms with van der Waals surface area (Å²) < 4.78 is 69.8. The number of carbonyl (C=O) groups is 1. The Morgan fingerprint density at radius 1 is 0.683 bits per heavy atom. The van der Waals surface area contributed by atoms with Gasteiger partial charge < -0.3 is 23.6 Å². The number of allylic oxidation sites excluding steroid dienone is 3. The summed E-state index contributed by atoms with van der Waals surface area (Å²) in [7, 11) is -5.57. The minimum absolute atomic E-state index is 0. The van der Waals surface area contributed by atoms with Crippen LogP contribution in [0.3, 0.4) is 0 Å². The maximum Gasteiger partial charge on any atom is 0.455 e. The van der Waals surface area contributed by atoms with Gasteiger partial charge in [0.25, 0.3) is 5.78 Å². The smallest absolute Gasteiger partial charge is 0.455 e. The second-order valence-corrected chi connectivity index (χ2v) is 19.1. The molecule has 7 rings (SSSR count). The van der Waals surface area contributed by atoms with Crippen molar-refractivity contribution in [1.82, 2.24) is 0 Å². The van der Waals surface area contributed by atoms with E-state index >= 15 is 0 Å². The summed E-state index contributed by atoms with van der Waals surface area (Å²) in [4.78, 5) is 24.9. The van der Waals surface area contributed by atoms with Crippen molar-refractivity contribution in [3.8, 4) is 5.75 Å². The molecule has 1 radical (unpaired) electrons. The van der Waals surface area contributed by atoms with Crippen molar-refractivity contribution in [1.29, 1.82) is 0 Å². The van der Waals surface area contributed by atoms with Gasteiger partial charge in [0.1, 0.15) is 11.3 Å². The van der Waals surface area contributed by atoms with E-state index < -0.39 is 43.2 Å². The normalized spacial score (nSPS) is 11.5. The number of benzene rings is 6. The molecular formula is C50H46EuF3NO6P2. The van der Waals surface area contributed by atoms with Gasteiger partial charge in [-0.15, -0.1) is 0 Å². The van der Waals surface area contributed by atoms with Gasteiger partial charge in [-0.1, -0.05) is 170 Å². The Morgan fingerprint density at radius 2 is 1.06 bits per heavy atom. The predicted molar refractivity (Wildman–Crippen MR) is 248 cm³/mol. The van der Waals surface area contributed by atoms with Crippen LogP contribution in [0.4, 0.5) is 18.9 Å². The number of hydrogen-bond acceptors (Lipinski definition) is 7. The molecule has 0 spiro atoms. The standard InChI is InChI=1S/C18H15OP.C17H17OP.C15H14F3NO4.Eu/c19-20(16-10-4-1-5-11-16,17-12-6-2-7-13-17)18-14-8-3-9-15-18;1-3-15(4-2)19(18,16-11-7-5-8-12-16)17-13-9-6-10-14-17;1-3-19(4-2)8-5-6-9-10(7-8)23-14(22)11(12(9)20)13(21)15(16,17)18;/h1-15H;3-14H,1H2,2H3;5-7,20H,3-4H2,1-2H3;/b;15-4+;;. The molecule has 0 aliphatic heterocycles. The maximum absolute atomic E-state index is 13.8. The number of nitrogens with zero attached hydrogens (tertiary/aromatic N) is 1. The van der Waals surface area contributed by atoms with Crippen LogP contribution in [-0.4, -0.2) is 30.2 Å². The molecular weight excluding hydrogens is 981 g/mol. The minimum atomic E-state index is -5.28. The molecule has 1 aromatic heterocycles. The summed E-state index contributed by atoms with van der Waals surface area (Å²) >= 11 is 0. The number of fused-ring (bicyclic) bond motifs is 1. The molecule has 6 aromatic carbocycles. The molecule has 1 N–H and O–H groups in total. The van der Waals surface area contributed by atoms with E-state index in [1.54, 1.807) is 12.1 Å². The van der Waals surface area contributed by atoms with Gasteiger partial charge in [0, 0.05) is 106 Å². The Hall–Kier alpha value is -4.89. The summed E-state index contributed by atoms with van der Waals surface area (Å²) in [5, 5.41) is 14.9. The molecule has 0 unspecified atom stereocenters. The Bertz CT molecular complexity index is 2640. The molecule has 0 amide bonds. The third kappa shape index (κ3) is 11.6. The van der Waals surface area contributed by atoms with Crippen LogP contribution in [0.5, 0.6) is 5.75 Å². The first kappa shape index (κ1) is 50.8. The van der Waals surface area contributed by atoms with E-state index in [0.29, 0.717) is 18.8 Å². The molecule has 7 nitrogen and oxygen atoms in total. The van der Waals surface area contributed by atoms with Crippen LogP contribution in [0.25, 0.3) is 11.0 Å². The summed E-state index contributed by atoms with van der Waals surface area (Å²) in [5.74, 6) is -3.46. The number of rotatable bonds is 11. The van der Waals surface area contributed by atoms with E-state index in [-0.39, 0.29) is 60.3 Å². The molecule has 0 atom stereocenters. The van der Waals surface area contributed by atoms with Crippen LogP contribution in [0, 0.1) is 49.4 Å². The first-order valence-electron chi connectivity index (χ1n) is 19.7. The summed E-state index contributed by atoms with van der Waals surface area (Å²) in [6.45, 7) is 10.9. The Balaban J connectivity index is 0.000000207. The Kier molecular flexibility index (Phi) is 18.7. The fourth-order valence-corrected chi connectivity index (χ4v) is 12.2. The monoisotopic (exact) mass is 1030 g/mol. The molecule has 0 aliphatic rings. The Morgan fingerprint density at radius 3 is 1.40 bits per heavy atom. The number of aromatic hydroxyl groups is 1. The van der Waals surface area contributed by atoms with E-state index in [1.165, 1.54) is 12.1 Å². The van der Waals surface area contributed by atoms with Crippen molar-refractivity contribution in [3.63, 3.8) is 0 Å². The quantitative estimate of drug-likeness (QED) is 0.0596. The summed E-state index contributed by atoms with van der Waals surface area (Å²) in [6, 6.07) is 52.7. The molecule has 0 bridgehead atoms. The third-order valence-corrected chi connectivity index (χ3v) is 16.2. The number of anilines is 1. The van der Waals surface area contributed by atoms with Crippen molar-refractivity contribution >= 4 is 63.2 Å². The number of alkyl halides is 3. The molecule has 63 heavy (non-hydrogen) atoms. The van der Waals surface area contributed by atoms with Crippen LogP contribution < -0.4 is 37.0 Å². The SMILES string of the molecule is C=C/C(=C\C)P(=O)(c1ccccc1)c1ccccc1.CCN(CC)c1ccc2c(O)c(C(=O)C(F)(F)F)c(=O)oc2c1.O=P(c1ccccc1)(c1ccccc1)c1ccccc1.[Eu]. The van der Waals surface area contributed by atoms with Crippen molar-refractivity contribution < 1.29 is 86.0 Å². The number of ketones is 1. The van der Waals surface area contributed by atoms with Gasteiger partial charge in [-0.2, -0.15) is 13.2 Å². The zero-order valence-electron chi connectivity index (χ0n) is 34.8. The topological polar surface area (TPSA) is 105 Å². The van der Waals surface area contributed by atoms with Gasteiger partial charge >= 0.3 is 11.8 Å². The van der Waals surface area contributed by atoms with Gasteiger partial charge in [-0.25, -0.2) is 4.79 Å². The molecule has 7 aromatic rings. The second kappa shape index (κ2) is 23.2. The zero-order chi connectivity index (χ0) is 44.9. The average Bonchev–Trinajstić information content (AvgIpc) is 3.31. The second-order valence-electron chi connectivity index (χ2n) is 13.6. The van der Waals surface area contributed by atoms with Crippen molar-refractivity contribution in [2.45, 2.75) is 26.9 Å². The molecule has 0 aliphatic carbocycles. The first-order valence-corrected chi connectivity index (χ1v) is 23.1. The summed E-state index contributed by atoms with van der Waals surface area (Å²) in [6.07, 6.45) is -1.70. The largest absolute Gasteiger partial charge is 0.506 e. The van der Waals surface area contributed by atoms with Gasteiger partial charge in [-0.05, 0) is 32.9 Å². The summed E-state index contributed by atoms with van der Waals surface area (Å²) in [5.41, 5.74) is -2.33. The molecule has 0 fully saturated rings. The van der Waals surface area contributed by atoms with Gasteiger partial charge in [-0.3, -0.25) is 4.79 Å². The van der Waals surface area contributed by atoms with E-state index in [9.17, 15) is 37.0 Å². The Labute approximate surface area is 406 Å². The molecule has 1 heterocycles.